The van der Waals surface area contributed by atoms with Gasteiger partial charge >= 0.3 is 0 Å². The lowest BCUT2D eigenvalue weighted by Gasteiger charge is -2.30. The summed E-state index contributed by atoms with van der Waals surface area (Å²) in [7, 11) is -3.67. The molecule has 1 fully saturated rings. The van der Waals surface area contributed by atoms with Crippen molar-refractivity contribution in [2.45, 2.75) is 23.8 Å². The van der Waals surface area contributed by atoms with Crippen LogP contribution in [-0.4, -0.2) is 31.9 Å². The number of hydrogen-bond acceptors (Lipinski definition) is 3. The lowest BCUT2D eigenvalue weighted by atomic mass is 10.1. The molecule has 2 N–H and O–H groups in total. The van der Waals surface area contributed by atoms with Crippen molar-refractivity contribution in [3.8, 4) is 0 Å². The molecule has 1 heterocycles. The molecule has 4 nitrogen and oxygen atoms in total. The van der Waals surface area contributed by atoms with Crippen molar-refractivity contribution in [2.75, 3.05) is 13.1 Å². The van der Waals surface area contributed by atoms with Crippen LogP contribution < -0.4 is 5.73 Å². The second-order valence-electron chi connectivity index (χ2n) is 4.32. The molecule has 18 heavy (non-hydrogen) atoms. The van der Waals surface area contributed by atoms with Crippen LogP contribution in [0.15, 0.2) is 23.1 Å². The maximum absolute atomic E-state index is 12.5. The lowest BCUT2D eigenvalue weighted by Crippen LogP contribution is -2.45. The zero-order valence-corrected chi connectivity index (χ0v) is 12.0. The average molecular weight is 309 g/mol. The molecule has 1 aliphatic heterocycles. The van der Waals surface area contributed by atoms with Gasteiger partial charge in [0.15, 0.2) is 0 Å². The summed E-state index contributed by atoms with van der Waals surface area (Å²) in [5, 5.41) is 0.281. The third-order valence-electron chi connectivity index (χ3n) is 2.94. The Kier molecular flexibility index (Phi) is 4.18. The van der Waals surface area contributed by atoms with Gasteiger partial charge in [-0.1, -0.05) is 29.3 Å². The highest BCUT2D eigenvalue weighted by Crippen LogP contribution is 2.32. The van der Waals surface area contributed by atoms with Gasteiger partial charge in [0, 0.05) is 19.1 Å². The van der Waals surface area contributed by atoms with E-state index in [-0.39, 0.29) is 21.0 Å². The number of hydrogen-bond donors (Lipinski definition) is 1. The van der Waals surface area contributed by atoms with E-state index in [9.17, 15) is 8.42 Å². The van der Waals surface area contributed by atoms with Crippen LogP contribution in [0.4, 0.5) is 0 Å². The molecule has 1 aliphatic rings. The minimum Gasteiger partial charge on any atom is -0.327 e. The van der Waals surface area contributed by atoms with Gasteiger partial charge < -0.3 is 5.73 Å². The topological polar surface area (TPSA) is 63.4 Å². The number of benzene rings is 1. The van der Waals surface area contributed by atoms with Gasteiger partial charge in [-0.3, -0.25) is 0 Å². The minimum absolute atomic E-state index is 0.0255. The van der Waals surface area contributed by atoms with E-state index in [0.29, 0.717) is 13.1 Å². The Balaban J connectivity index is 2.42. The monoisotopic (exact) mass is 308 g/mol. The molecule has 0 saturated carbocycles. The van der Waals surface area contributed by atoms with Crippen LogP contribution in [0.25, 0.3) is 0 Å². The van der Waals surface area contributed by atoms with E-state index in [2.05, 4.69) is 0 Å². The molecule has 0 amide bonds. The fourth-order valence-electron chi connectivity index (χ4n) is 2.05. The molecular formula is C11H14Cl2N2O2S. The summed E-state index contributed by atoms with van der Waals surface area (Å²) >= 11 is 11.9. The predicted molar refractivity (Wildman–Crippen MR) is 72.4 cm³/mol. The van der Waals surface area contributed by atoms with Crippen molar-refractivity contribution in [1.82, 2.24) is 4.31 Å². The molecule has 1 saturated heterocycles. The van der Waals surface area contributed by atoms with E-state index >= 15 is 0 Å². The number of nitrogens with two attached hydrogens (primary N) is 1. The molecule has 1 aromatic rings. The van der Waals surface area contributed by atoms with E-state index in [1.54, 1.807) is 6.07 Å². The molecule has 1 atom stereocenters. The van der Waals surface area contributed by atoms with Gasteiger partial charge in [0.1, 0.15) is 4.90 Å². The van der Waals surface area contributed by atoms with Crippen molar-refractivity contribution in [3.63, 3.8) is 0 Å². The van der Waals surface area contributed by atoms with Crippen LogP contribution in [-0.2, 0) is 10.0 Å². The van der Waals surface area contributed by atoms with Crippen LogP contribution in [0.3, 0.4) is 0 Å². The summed E-state index contributed by atoms with van der Waals surface area (Å²) < 4.78 is 26.3. The maximum Gasteiger partial charge on any atom is 0.246 e. The molecule has 0 bridgehead atoms. The number of nitrogens with zero attached hydrogens (tertiary/aromatic N) is 1. The third-order valence-corrected chi connectivity index (χ3v) is 5.76. The average Bonchev–Trinajstić information content (AvgIpc) is 2.28. The van der Waals surface area contributed by atoms with Crippen LogP contribution in [0.2, 0.25) is 10.0 Å². The van der Waals surface area contributed by atoms with Gasteiger partial charge in [-0.15, -0.1) is 0 Å². The first-order chi connectivity index (χ1) is 8.43. The van der Waals surface area contributed by atoms with Crippen LogP contribution in [0.1, 0.15) is 12.8 Å². The lowest BCUT2D eigenvalue weighted by molar-refractivity contribution is 0.316. The summed E-state index contributed by atoms with van der Waals surface area (Å²) in [5.41, 5.74) is 5.80. The first kappa shape index (κ1) is 14.1. The normalized spacial score (nSPS) is 22.1. The van der Waals surface area contributed by atoms with Crippen molar-refractivity contribution in [3.05, 3.63) is 28.2 Å². The molecular weight excluding hydrogens is 295 g/mol. The summed E-state index contributed by atoms with van der Waals surface area (Å²) in [6.07, 6.45) is 1.59. The van der Waals surface area contributed by atoms with Gasteiger partial charge in [0.25, 0.3) is 0 Å². The molecule has 2 rings (SSSR count). The Bertz CT molecular complexity index is 528. The molecule has 0 aliphatic carbocycles. The van der Waals surface area contributed by atoms with Crippen molar-refractivity contribution < 1.29 is 8.42 Å². The van der Waals surface area contributed by atoms with E-state index < -0.39 is 10.0 Å². The molecule has 0 radical (unpaired) electrons. The number of sulfonamides is 1. The summed E-state index contributed by atoms with van der Waals surface area (Å²) in [6.45, 7) is 0.765. The van der Waals surface area contributed by atoms with Gasteiger partial charge in [-0.25, -0.2) is 8.42 Å². The second kappa shape index (κ2) is 5.35. The quantitative estimate of drug-likeness (QED) is 0.910. The van der Waals surface area contributed by atoms with Crippen molar-refractivity contribution in [2.24, 2.45) is 5.73 Å². The highest BCUT2D eigenvalue weighted by molar-refractivity contribution is 7.89. The van der Waals surface area contributed by atoms with Crippen LogP contribution in [0, 0.1) is 0 Å². The number of halogens is 2. The third kappa shape index (κ3) is 2.65. The first-order valence-corrected chi connectivity index (χ1v) is 7.82. The van der Waals surface area contributed by atoms with Crippen LogP contribution in [0.5, 0.6) is 0 Å². The van der Waals surface area contributed by atoms with Crippen molar-refractivity contribution >= 4 is 33.2 Å². The number of piperidine rings is 1. The highest BCUT2D eigenvalue weighted by Gasteiger charge is 2.32. The smallest absolute Gasteiger partial charge is 0.246 e. The van der Waals surface area contributed by atoms with E-state index in [1.807, 2.05) is 0 Å². The fourth-order valence-corrected chi connectivity index (χ4v) is 4.68. The zero-order chi connectivity index (χ0) is 13.3. The second-order valence-corrected chi connectivity index (χ2v) is 7.01. The molecule has 7 heteroatoms. The SMILES string of the molecule is N[C@H]1CCCN(S(=O)(=O)c2c(Cl)cccc2Cl)C1. The highest BCUT2D eigenvalue weighted by atomic mass is 35.5. The Morgan fingerprint density at radius 2 is 1.89 bits per heavy atom. The van der Waals surface area contributed by atoms with Gasteiger partial charge in [-0.2, -0.15) is 4.31 Å². The standard InChI is InChI=1S/C11H14Cl2N2O2S/c12-9-4-1-5-10(13)11(9)18(16,17)15-6-2-3-8(14)7-15/h1,4-5,8H,2-3,6-7,14H2/t8-/m0/s1. The molecule has 1 aromatic carbocycles. The van der Waals surface area contributed by atoms with Crippen molar-refractivity contribution in [1.29, 1.82) is 0 Å². The largest absolute Gasteiger partial charge is 0.327 e. The van der Waals surface area contributed by atoms with Crippen LogP contribution >= 0.6 is 23.2 Å². The molecule has 100 valence electrons. The summed E-state index contributed by atoms with van der Waals surface area (Å²) in [4.78, 5) is -0.0255. The molecule has 0 unspecified atom stereocenters. The Hall–Kier alpha value is -0.330. The van der Waals surface area contributed by atoms with Gasteiger partial charge in [0.05, 0.1) is 10.0 Å². The van der Waals surface area contributed by atoms with E-state index in [1.165, 1.54) is 16.4 Å². The summed E-state index contributed by atoms with van der Waals surface area (Å²) in [5.74, 6) is 0. The minimum atomic E-state index is -3.67. The zero-order valence-electron chi connectivity index (χ0n) is 9.64. The van der Waals surface area contributed by atoms with Gasteiger partial charge in [-0.05, 0) is 25.0 Å². The Morgan fingerprint density at radius 1 is 1.28 bits per heavy atom. The Morgan fingerprint density at radius 3 is 2.44 bits per heavy atom. The number of rotatable bonds is 2. The molecule has 0 spiro atoms. The van der Waals surface area contributed by atoms with E-state index in [0.717, 1.165) is 12.8 Å². The van der Waals surface area contributed by atoms with Gasteiger partial charge in [0.2, 0.25) is 10.0 Å². The predicted octanol–water partition coefficient (Wildman–Crippen LogP) is 2.11. The summed E-state index contributed by atoms with van der Waals surface area (Å²) in [6, 6.07) is 4.52. The molecule has 0 aromatic heterocycles. The maximum atomic E-state index is 12.5. The fraction of sp³-hybridized carbons (Fsp3) is 0.455. The Labute approximate surface area is 117 Å². The van der Waals surface area contributed by atoms with E-state index in [4.69, 9.17) is 28.9 Å². The first-order valence-electron chi connectivity index (χ1n) is 5.62.